The van der Waals surface area contributed by atoms with Gasteiger partial charge < -0.3 is 5.32 Å². The summed E-state index contributed by atoms with van der Waals surface area (Å²) < 4.78 is 1.88. The van der Waals surface area contributed by atoms with Crippen molar-refractivity contribution in [1.82, 2.24) is 20.1 Å². The molecule has 0 spiro atoms. The predicted molar refractivity (Wildman–Crippen MR) is 86.9 cm³/mol. The highest BCUT2D eigenvalue weighted by molar-refractivity contribution is 7.15. The number of nitrogens with zero attached hydrogens (tertiary/aromatic N) is 3. The van der Waals surface area contributed by atoms with Crippen LogP contribution in [0.4, 0.5) is 0 Å². The fraction of sp³-hybridized carbons (Fsp3) is 0.250. The first-order valence-corrected chi connectivity index (χ1v) is 7.75. The molecule has 1 N–H and O–H groups in total. The lowest BCUT2D eigenvalue weighted by Gasteiger charge is -2.06. The van der Waals surface area contributed by atoms with Gasteiger partial charge in [-0.05, 0) is 33.0 Å². The lowest BCUT2D eigenvalue weighted by molar-refractivity contribution is 0.658. The minimum Gasteiger partial charge on any atom is -0.312 e. The van der Waals surface area contributed by atoms with Crippen LogP contribution in [-0.4, -0.2) is 21.8 Å². The molecular formula is C16H18N4S. The Labute approximate surface area is 128 Å². The van der Waals surface area contributed by atoms with Crippen LogP contribution in [0.1, 0.15) is 23.5 Å². The molecular weight excluding hydrogens is 280 g/mol. The molecule has 0 saturated heterocycles. The zero-order valence-corrected chi connectivity index (χ0v) is 13.2. The molecule has 0 amide bonds. The normalized spacial score (nSPS) is 12.5. The predicted octanol–water partition coefficient (Wildman–Crippen LogP) is 3.58. The third-order valence-electron chi connectivity index (χ3n) is 3.51. The second-order valence-electron chi connectivity index (χ2n) is 4.99. The Hall–Kier alpha value is -1.98. The number of thiazole rings is 1. The zero-order chi connectivity index (χ0) is 14.8. The van der Waals surface area contributed by atoms with Crippen molar-refractivity contribution in [3.63, 3.8) is 0 Å². The summed E-state index contributed by atoms with van der Waals surface area (Å²) in [4.78, 5) is 5.96. The molecule has 108 valence electrons. The molecule has 0 saturated carbocycles. The van der Waals surface area contributed by atoms with Crippen molar-refractivity contribution in [2.45, 2.75) is 19.9 Å². The van der Waals surface area contributed by atoms with E-state index in [1.54, 1.807) is 11.3 Å². The van der Waals surface area contributed by atoms with E-state index in [-0.39, 0.29) is 0 Å². The van der Waals surface area contributed by atoms with Gasteiger partial charge in [0.05, 0.1) is 17.6 Å². The van der Waals surface area contributed by atoms with Gasteiger partial charge in [0.15, 0.2) is 0 Å². The van der Waals surface area contributed by atoms with Gasteiger partial charge in [-0.2, -0.15) is 5.10 Å². The minimum atomic E-state index is 0.320. The Morgan fingerprint density at radius 2 is 2.00 bits per heavy atom. The second-order valence-corrected chi connectivity index (χ2v) is 6.02. The number of para-hydroxylation sites is 1. The van der Waals surface area contributed by atoms with Gasteiger partial charge in [-0.15, -0.1) is 11.3 Å². The first-order chi connectivity index (χ1) is 10.2. The summed E-state index contributed by atoms with van der Waals surface area (Å²) in [5.74, 6) is 0. The molecule has 1 atom stereocenters. The maximum Gasteiger partial charge on any atom is 0.127 e. The topological polar surface area (TPSA) is 42.7 Å². The lowest BCUT2D eigenvalue weighted by Crippen LogP contribution is -2.11. The molecule has 2 aromatic heterocycles. The quantitative estimate of drug-likeness (QED) is 0.800. The highest BCUT2D eigenvalue weighted by Gasteiger charge is 2.15. The van der Waals surface area contributed by atoms with Crippen LogP contribution in [-0.2, 0) is 0 Å². The Kier molecular flexibility index (Phi) is 3.86. The van der Waals surface area contributed by atoms with Crippen LogP contribution < -0.4 is 5.32 Å². The second kappa shape index (κ2) is 5.79. The van der Waals surface area contributed by atoms with Gasteiger partial charge in [-0.3, -0.25) is 0 Å². The van der Waals surface area contributed by atoms with E-state index in [1.165, 1.54) is 4.88 Å². The lowest BCUT2D eigenvalue weighted by atomic mass is 10.2. The summed E-state index contributed by atoms with van der Waals surface area (Å²) in [5, 5.41) is 8.72. The van der Waals surface area contributed by atoms with Gasteiger partial charge in [-0.1, -0.05) is 18.2 Å². The van der Waals surface area contributed by atoms with Crippen molar-refractivity contribution < 1.29 is 0 Å². The zero-order valence-electron chi connectivity index (χ0n) is 12.4. The molecule has 2 heterocycles. The Bertz CT molecular complexity index is 730. The van der Waals surface area contributed by atoms with E-state index in [9.17, 15) is 0 Å². The Balaban J connectivity index is 1.94. The summed E-state index contributed by atoms with van der Waals surface area (Å²) in [6, 6.07) is 10.4. The average molecular weight is 298 g/mol. The van der Waals surface area contributed by atoms with Gasteiger partial charge in [-0.25, -0.2) is 9.67 Å². The molecule has 5 heteroatoms. The molecule has 1 unspecified atom stereocenters. The van der Waals surface area contributed by atoms with Gasteiger partial charge in [0.2, 0.25) is 0 Å². The number of hydrogen-bond acceptors (Lipinski definition) is 4. The molecule has 4 nitrogen and oxygen atoms in total. The maximum atomic E-state index is 4.68. The number of benzene rings is 1. The monoisotopic (exact) mass is 298 g/mol. The molecule has 21 heavy (non-hydrogen) atoms. The van der Waals surface area contributed by atoms with Gasteiger partial charge in [0, 0.05) is 22.7 Å². The van der Waals surface area contributed by atoms with Gasteiger partial charge in [0.25, 0.3) is 0 Å². The SMILES string of the molecule is CNC(C)c1sc(-c2cnn(-c3ccccc3)c2)nc1C. The molecule has 1 aromatic carbocycles. The molecule has 3 rings (SSSR count). The summed E-state index contributed by atoms with van der Waals surface area (Å²) >= 11 is 1.73. The van der Waals surface area contributed by atoms with Crippen LogP contribution in [0.15, 0.2) is 42.7 Å². The van der Waals surface area contributed by atoms with Crippen LogP contribution in [0.2, 0.25) is 0 Å². The summed E-state index contributed by atoms with van der Waals surface area (Å²) in [5.41, 5.74) is 3.20. The van der Waals surface area contributed by atoms with E-state index in [2.05, 4.69) is 29.2 Å². The van der Waals surface area contributed by atoms with Crippen LogP contribution >= 0.6 is 11.3 Å². The molecule has 3 aromatic rings. The smallest absolute Gasteiger partial charge is 0.127 e. The molecule has 0 aliphatic carbocycles. The summed E-state index contributed by atoms with van der Waals surface area (Å²) in [6.45, 7) is 4.21. The largest absolute Gasteiger partial charge is 0.312 e. The molecule has 0 bridgehead atoms. The fourth-order valence-corrected chi connectivity index (χ4v) is 3.32. The van der Waals surface area contributed by atoms with Crippen molar-refractivity contribution >= 4 is 11.3 Å². The van der Waals surface area contributed by atoms with Crippen molar-refractivity contribution in [2.75, 3.05) is 7.05 Å². The number of rotatable bonds is 4. The van der Waals surface area contributed by atoms with Gasteiger partial charge in [0.1, 0.15) is 5.01 Å². The number of nitrogens with one attached hydrogen (secondary N) is 1. The van der Waals surface area contributed by atoms with Crippen LogP contribution in [0, 0.1) is 6.92 Å². The summed E-state index contributed by atoms with van der Waals surface area (Å²) in [6.07, 6.45) is 3.90. The Morgan fingerprint density at radius 3 is 2.71 bits per heavy atom. The van der Waals surface area contributed by atoms with E-state index >= 15 is 0 Å². The van der Waals surface area contributed by atoms with E-state index in [0.29, 0.717) is 6.04 Å². The van der Waals surface area contributed by atoms with E-state index in [4.69, 9.17) is 0 Å². The molecule has 0 aliphatic heterocycles. The molecule has 0 radical (unpaired) electrons. The van der Waals surface area contributed by atoms with Crippen LogP contribution in [0.3, 0.4) is 0 Å². The third-order valence-corrected chi connectivity index (χ3v) is 4.90. The van der Waals surface area contributed by atoms with E-state index in [1.807, 2.05) is 54.5 Å². The first-order valence-electron chi connectivity index (χ1n) is 6.94. The van der Waals surface area contributed by atoms with Crippen molar-refractivity contribution in [1.29, 1.82) is 0 Å². The third kappa shape index (κ3) is 2.75. The minimum absolute atomic E-state index is 0.320. The first kappa shape index (κ1) is 14.0. The van der Waals surface area contributed by atoms with Crippen molar-refractivity contribution in [2.24, 2.45) is 0 Å². The maximum absolute atomic E-state index is 4.68. The highest BCUT2D eigenvalue weighted by Crippen LogP contribution is 2.31. The summed E-state index contributed by atoms with van der Waals surface area (Å²) in [7, 11) is 1.97. The molecule has 0 aliphatic rings. The number of aryl methyl sites for hydroxylation is 1. The van der Waals surface area contributed by atoms with Crippen LogP contribution in [0.5, 0.6) is 0 Å². The van der Waals surface area contributed by atoms with Gasteiger partial charge >= 0.3 is 0 Å². The van der Waals surface area contributed by atoms with E-state index < -0.39 is 0 Å². The number of hydrogen-bond donors (Lipinski definition) is 1. The van der Waals surface area contributed by atoms with Crippen molar-refractivity contribution in [3.8, 4) is 16.3 Å². The van der Waals surface area contributed by atoms with Crippen molar-refractivity contribution in [3.05, 3.63) is 53.3 Å². The standard InChI is InChI=1S/C16H18N4S/c1-11(17-3)15-12(2)19-16(21-15)13-9-18-20(10-13)14-7-5-4-6-8-14/h4-11,17H,1-3H3. The highest BCUT2D eigenvalue weighted by atomic mass is 32.1. The fourth-order valence-electron chi connectivity index (χ4n) is 2.22. The van der Waals surface area contributed by atoms with Crippen LogP contribution in [0.25, 0.3) is 16.3 Å². The molecule has 0 fully saturated rings. The van der Waals surface area contributed by atoms with E-state index in [0.717, 1.165) is 22.0 Å². The average Bonchev–Trinajstić information content (AvgIpc) is 3.14. The Morgan fingerprint density at radius 1 is 1.24 bits per heavy atom. The number of aromatic nitrogens is 3.